The van der Waals surface area contributed by atoms with E-state index in [0.29, 0.717) is 10.8 Å². The molecule has 2 aromatic carbocycles. The van der Waals surface area contributed by atoms with Crippen LogP contribution in [-0.2, 0) is 16.1 Å². The summed E-state index contributed by atoms with van der Waals surface area (Å²) in [6, 6.07) is 14.0. The number of hydrogen-bond acceptors (Lipinski definition) is 4. The first kappa shape index (κ1) is 20.8. The van der Waals surface area contributed by atoms with Gasteiger partial charge in [-0.1, -0.05) is 35.9 Å². The first-order chi connectivity index (χ1) is 12.7. The zero-order chi connectivity index (χ0) is 20.0. The third-order valence-electron chi connectivity index (χ3n) is 3.57. The molecule has 0 saturated carbocycles. The summed E-state index contributed by atoms with van der Waals surface area (Å²) in [4.78, 5) is 24.6. The quantitative estimate of drug-likeness (QED) is 0.744. The molecule has 0 bridgehead atoms. The molecule has 1 amide bonds. The van der Waals surface area contributed by atoms with Gasteiger partial charge in [-0.05, 0) is 57.5 Å². The Morgan fingerprint density at radius 1 is 1.07 bits per heavy atom. The van der Waals surface area contributed by atoms with Crippen molar-refractivity contribution in [3.05, 3.63) is 64.7 Å². The number of benzene rings is 2. The minimum absolute atomic E-state index is 0.266. The van der Waals surface area contributed by atoms with Crippen LogP contribution in [0.2, 0.25) is 5.02 Å². The second kappa shape index (κ2) is 8.91. The summed E-state index contributed by atoms with van der Waals surface area (Å²) in [5, 5.41) is 3.43. The Morgan fingerprint density at radius 2 is 1.70 bits per heavy atom. The molecule has 5 nitrogen and oxygen atoms in total. The molecule has 0 aliphatic carbocycles. The minimum Gasteiger partial charge on any atom is -0.488 e. The molecule has 27 heavy (non-hydrogen) atoms. The third kappa shape index (κ3) is 6.61. The van der Waals surface area contributed by atoms with E-state index in [0.717, 1.165) is 5.56 Å². The second-order valence-corrected chi connectivity index (χ2v) is 7.63. The van der Waals surface area contributed by atoms with E-state index >= 15 is 0 Å². The van der Waals surface area contributed by atoms with Gasteiger partial charge in [0.1, 0.15) is 17.9 Å². The van der Waals surface area contributed by atoms with Crippen LogP contribution in [0.1, 0.15) is 43.6 Å². The molecule has 1 unspecified atom stereocenters. The Balaban J connectivity index is 2.04. The van der Waals surface area contributed by atoms with Gasteiger partial charge in [-0.2, -0.15) is 0 Å². The van der Waals surface area contributed by atoms with Crippen molar-refractivity contribution >= 4 is 23.5 Å². The monoisotopic (exact) mass is 389 g/mol. The van der Waals surface area contributed by atoms with Gasteiger partial charge in [0.15, 0.2) is 6.10 Å². The van der Waals surface area contributed by atoms with Gasteiger partial charge < -0.3 is 14.8 Å². The second-order valence-electron chi connectivity index (χ2n) is 7.20. The van der Waals surface area contributed by atoms with E-state index in [1.54, 1.807) is 36.4 Å². The summed E-state index contributed by atoms with van der Waals surface area (Å²) in [6.07, 6.45) is -0.916. The first-order valence-corrected chi connectivity index (χ1v) is 9.03. The molecular formula is C21H24ClNO4. The molecular weight excluding hydrogens is 366 g/mol. The van der Waals surface area contributed by atoms with E-state index in [1.165, 1.54) is 6.92 Å². The topological polar surface area (TPSA) is 64.6 Å². The molecule has 1 N–H and O–H groups in total. The van der Waals surface area contributed by atoms with Gasteiger partial charge in [-0.15, -0.1) is 0 Å². The Bertz CT molecular complexity index is 797. The van der Waals surface area contributed by atoms with Crippen molar-refractivity contribution in [2.45, 2.75) is 45.9 Å². The lowest BCUT2D eigenvalue weighted by Crippen LogP contribution is -2.46. The van der Waals surface area contributed by atoms with Crippen LogP contribution >= 0.6 is 11.6 Å². The lowest BCUT2D eigenvalue weighted by molar-refractivity contribution is -0.130. The highest BCUT2D eigenvalue weighted by Gasteiger charge is 2.24. The number of ether oxygens (including phenoxy) is 2. The van der Waals surface area contributed by atoms with Gasteiger partial charge in [0.25, 0.3) is 5.91 Å². The molecule has 0 aromatic heterocycles. The van der Waals surface area contributed by atoms with Gasteiger partial charge in [-0.25, -0.2) is 4.79 Å². The fourth-order valence-electron chi connectivity index (χ4n) is 2.25. The van der Waals surface area contributed by atoms with Gasteiger partial charge >= 0.3 is 5.97 Å². The summed E-state index contributed by atoms with van der Waals surface area (Å²) in [5.41, 5.74) is 0.777. The van der Waals surface area contributed by atoms with Crippen molar-refractivity contribution < 1.29 is 19.1 Å². The molecule has 6 heteroatoms. The smallest absolute Gasteiger partial charge is 0.342 e. The van der Waals surface area contributed by atoms with E-state index in [1.807, 2.05) is 32.9 Å². The molecule has 0 aliphatic rings. The number of rotatable bonds is 6. The van der Waals surface area contributed by atoms with E-state index in [9.17, 15) is 9.59 Å². The van der Waals surface area contributed by atoms with Crippen molar-refractivity contribution in [2.75, 3.05) is 0 Å². The summed E-state index contributed by atoms with van der Waals surface area (Å²) < 4.78 is 11.1. The van der Waals surface area contributed by atoms with Gasteiger partial charge in [0.2, 0.25) is 0 Å². The molecule has 2 aromatic rings. The third-order valence-corrected chi connectivity index (χ3v) is 3.82. The molecule has 0 fully saturated rings. The Hall–Kier alpha value is -2.53. The maximum atomic E-state index is 12.5. The highest BCUT2D eigenvalue weighted by Crippen LogP contribution is 2.21. The largest absolute Gasteiger partial charge is 0.488 e. The Kier molecular flexibility index (Phi) is 6.86. The number of esters is 1. The van der Waals surface area contributed by atoms with Crippen molar-refractivity contribution in [2.24, 2.45) is 0 Å². The summed E-state index contributed by atoms with van der Waals surface area (Å²) >= 11 is 5.87. The number of hydrogen-bond donors (Lipinski definition) is 1. The Labute approximate surface area is 164 Å². The van der Waals surface area contributed by atoms with Crippen LogP contribution in [0.15, 0.2) is 48.5 Å². The summed E-state index contributed by atoms with van der Waals surface area (Å²) in [7, 11) is 0. The van der Waals surface area contributed by atoms with Crippen molar-refractivity contribution in [3.8, 4) is 5.75 Å². The number of halogens is 1. The minimum atomic E-state index is -0.916. The maximum Gasteiger partial charge on any atom is 0.342 e. The normalized spacial score (nSPS) is 12.2. The van der Waals surface area contributed by atoms with E-state index < -0.39 is 17.6 Å². The molecule has 1 atom stereocenters. The van der Waals surface area contributed by atoms with Crippen LogP contribution in [0, 0.1) is 0 Å². The van der Waals surface area contributed by atoms with Crippen molar-refractivity contribution in [1.82, 2.24) is 5.32 Å². The van der Waals surface area contributed by atoms with Crippen LogP contribution in [0.4, 0.5) is 0 Å². The molecule has 0 heterocycles. The predicted octanol–water partition coefficient (Wildman–Crippen LogP) is 4.38. The fourth-order valence-corrected chi connectivity index (χ4v) is 2.38. The number of amides is 1. The van der Waals surface area contributed by atoms with Crippen LogP contribution < -0.4 is 10.1 Å². The molecule has 0 aliphatic heterocycles. The van der Waals surface area contributed by atoms with Gasteiger partial charge in [0, 0.05) is 10.6 Å². The van der Waals surface area contributed by atoms with Crippen LogP contribution in [0.5, 0.6) is 5.75 Å². The van der Waals surface area contributed by atoms with E-state index in [-0.39, 0.29) is 18.1 Å². The zero-order valence-corrected chi connectivity index (χ0v) is 16.7. The number of para-hydroxylation sites is 1. The fraction of sp³-hybridized carbons (Fsp3) is 0.333. The van der Waals surface area contributed by atoms with Crippen LogP contribution in [0.3, 0.4) is 0 Å². The summed E-state index contributed by atoms with van der Waals surface area (Å²) in [6.45, 7) is 7.40. The lowest BCUT2D eigenvalue weighted by Gasteiger charge is -2.23. The SMILES string of the molecule is CC(OC(=O)c1ccccc1OCc1ccc(Cl)cc1)C(=O)NC(C)(C)C. The highest BCUT2D eigenvalue weighted by atomic mass is 35.5. The number of carbonyl (C=O) groups is 2. The highest BCUT2D eigenvalue weighted by molar-refractivity contribution is 6.30. The molecule has 0 spiro atoms. The van der Waals surface area contributed by atoms with Gasteiger partial charge in [0.05, 0.1) is 0 Å². The van der Waals surface area contributed by atoms with E-state index in [2.05, 4.69) is 5.32 Å². The molecule has 0 saturated heterocycles. The first-order valence-electron chi connectivity index (χ1n) is 8.65. The average molecular weight is 390 g/mol. The van der Waals surface area contributed by atoms with E-state index in [4.69, 9.17) is 21.1 Å². The lowest BCUT2D eigenvalue weighted by atomic mass is 10.1. The molecule has 0 radical (unpaired) electrons. The average Bonchev–Trinajstić information content (AvgIpc) is 2.60. The van der Waals surface area contributed by atoms with Crippen molar-refractivity contribution in [3.63, 3.8) is 0 Å². The standard InChI is InChI=1S/C21H24ClNO4/c1-14(19(24)23-21(2,3)4)27-20(25)17-7-5-6-8-18(17)26-13-15-9-11-16(22)12-10-15/h5-12,14H,13H2,1-4H3,(H,23,24). The summed E-state index contributed by atoms with van der Waals surface area (Å²) in [5.74, 6) is -0.574. The maximum absolute atomic E-state index is 12.5. The van der Waals surface area contributed by atoms with Crippen LogP contribution in [-0.4, -0.2) is 23.5 Å². The zero-order valence-electron chi connectivity index (χ0n) is 15.9. The van der Waals surface area contributed by atoms with Gasteiger partial charge in [-0.3, -0.25) is 4.79 Å². The van der Waals surface area contributed by atoms with Crippen LogP contribution in [0.25, 0.3) is 0 Å². The van der Waals surface area contributed by atoms with Crippen molar-refractivity contribution in [1.29, 1.82) is 0 Å². The predicted molar refractivity (Wildman–Crippen MR) is 105 cm³/mol. The Morgan fingerprint density at radius 3 is 2.33 bits per heavy atom. The number of nitrogens with one attached hydrogen (secondary N) is 1. The number of carbonyl (C=O) groups excluding carboxylic acids is 2. The molecule has 144 valence electrons. The molecule has 2 rings (SSSR count).